The van der Waals surface area contributed by atoms with Crippen LogP contribution in [0, 0.1) is 5.82 Å². The predicted molar refractivity (Wildman–Crippen MR) is 201 cm³/mol. The Morgan fingerprint density at radius 1 is 1.00 bits per heavy atom. The molecular weight excluding hydrogens is 637 g/mol. The Morgan fingerprint density at radius 3 is 2.44 bits per heavy atom. The van der Waals surface area contributed by atoms with Gasteiger partial charge in [-0.25, -0.2) is 4.39 Å². The monoisotopic (exact) mass is 683 g/mol. The predicted octanol–water partition coefficient (Wildman–Crippen LogP) is 2.76. The smallest absolute Gasteiger partial charge is 0.284 e. The second-order valence-electron chi connectivity index (χ2n) is 12.6. The Labute approximate surface area is 290 Å². The van der Waals surface area contributed by atoms with Crippen molar-refractivity contribution < 1.29 is 9.18 Å². The molecule has 0 atom stereocenters. The number of halogens is 1. The number of carbonyl (C=O) groups is 1. The van der Waals surface area contributed by atoms with Crippen molar-refractivity contribution in [2.75, 3.05) is 80.8 Å². The van der Waals surface area contributed by atoms with Crippen LogP contribution in [0.5, 0.6) is 0 Å². The number of aryl methyl sites for hydroxylation is 1. The number of aliphatic imine (C=N–C) groups is 1. The Balaban J connectivity index is 0.00000212. The first-order valence-corrected chi connectivity index (χ1v) is 17.1. The van der Waals surface area contributed by atoms with E-state index in [0.717, 1.165) is 80.6 Å². The molecule has 50 heavy (non-hydrogen) atoms. The van der Waals surface area contributed by atoms with E-state index in [2.05, 4.69) is 53.9 Å². The molecule has 3 aromatic carbocycles. The van der Waals surface area contributed by atoms with Crippen molar-refractivity contribution in [1.82, 2.24) is 18.9 Å². The fraction of sp³-hybridized carbons (Fsp3) is 0.389. The number of carbonyl (C=O) groups excluding carboxylic acids is 1. The van der Waals surface area contributed by atoms with E-state index in [1.807, 2.05) is 28.1 Å². The summed E-state index contributed by atoms with van der Waals surface area (Å²) in [5.74, 6) is 0.472. The van der Waals surface area contributed by atoms with E-state index < -0.39 is 0 Å². The fourth-order valence-electron chi connectivity index (χ4n) is 7.38. The molecule has 2 saturated heterocycles. The molecule has 13 nitrogen and oxygen atoms in total. The molecule has 0 saturated carbocycles. The molecule has 7 N–H and O–H groups in total. The summed E-state index contributed by atoms with van der Waals surface area (Å²) in [4.78, 5) is 39.2. The first-order valence-electron chi connectivity index (χ1n) is 17.1. The van der Waals surface area contributed by atoms with E-state index in [4.69, 9.17) is 11.5 Å². The molecule has 5 aromatic rings. The van der Waals surface area contributed by atoms with Gasteiger partial charge in [0.25, 0.3) is 5.56 Å². The third-order valence-electron chi connectivity index (χ3n) is 9.95. The fourth-order valence-corrected chi connectivity index (χ4v) is 7.38. The van der Waals surface area contributed by atoms with Gasteiger partial charge in [-0.05, 0) is 62.4 Å². The minimum Gasteiger partial charge on any atom is -0.398 e. The minimum atomic E-state index is -0.331. The highest BCUT2D eigenvalue weighted by molar-refractivity contribution is 6.03. The normalized spacial score (nSPS) is 16.2. The Bertz CT molecular complexity index is 2110. The maximum absolute atomic E-state index is 15.4. The average molecular weight is 684 g/mol. The molecule has 7 rings (SSSR count). The Kier molecular flexibility index (Phi) is 10.2. The van der Waals surface area contributed by atoms with Crippen LogP contribution in [0.25, 0.3) is 27.7 Å². The summed E-state index contributed by atoms with van der Waals surface area (Å²) >= 11 is 0. The molecule has 0 aliphatic carbocycles. The van der Waals surface area contributed by atoms with Crippen LogP contribution < -0.4 is 37.9 Å². The first kappa shape index (κ1) is 34.6. The number of nitrogens with zero attached hydrogens (tertiary/aromatic N) is 7. The number of rotatable bonds is 8. The second kappa shape index (κ2) is 14.7. The third kappa shape index (κ3) is 6.31. The summed E-state index contributed by atoms with van der Waals surface area (Å²) in [6, 6.07) is 15.7. The number of aromatic nitrogens is 3. The summed E-state index contributed by atoms with van der Waals surface area (Å²) < 4.78 is 19.3. The highest BCUT2D eigenvalue weighted by atomic mass is 19.1. The van der Waals surface area contributed by atoms with E-state index in [1.165, 1.54) is 13.1 Å². The lowest BCUT2D eigenvalue weighted by atomic mass is 10.0. The number of piperidine rings is 1. The van der Waals surface area contributed by atoms with Crippen molar-refractivity contribution >= 4 is 62.6 Å². The molecule has 2 aliphatic heterocycles. The van der Waals surface area contributed by atoms with Gasteiger partial charge in [0.1, 0.15) is 17.9 Å². The van der Waals surface area contributed by atoms with Gasteiger partial charge in [-0.1, -0.05) is 6.07 Å². The molecule has 264 valence electrons. The van der Waals surface area contributed by atoms with Gasteiger partial charge in [0.15, 0.2) is 0 Å². The SMILES string of the molecule is CN.CNc1cc(N2CCN(C3CCN(c4ccc5c(c4)n(C)c4nc(=O)c6c(N)cccc6n54)CC3)CC2)c(F)cc1C(N)=NCCC=O. The van der Waals surface area contributed by atoms with Crippen LogP contribution in [-0.2, 0) is 11.8 Å². The molecule has 0 bridgehead atoms. The first-order chi connectivity index (χ1) is 24.3. The minimum absolute atomic E-state index is 0.216. The molecule has 0 radical (unpaired) electrons. The van der Waals surface area contributed by atoms with Gasteiger partial charge in [-0.2, -0.15) is 4.98 Å². The van der Waals surface area contributed by atoms with E-state index >= 15 is 4.39 Å². The van der Waals surface area contributed by atoms with Crippen LogP contribution in [0.2, 0.25) is 0 Å². The van der Waals surface area contributed by atoms with Gasteiger partial charge in [0.2, 0.25) is 5.78 Å². The number of hydrogen-bond acceptors (Lipinski definition) is 10. The highest BCUT2D eigenvalue weighted by Gasteiger charge is 2.29. The number of benzene rings is 3. The Morgan fingerprint density at radius 2 is 1.74 bits per heavy atom. The largest absolute Gasteiger partial charge is 0.398 e. The molecule has 2 fully saturated rings. The van der Waals surface area contributed by atoms with Crippen LogP contribution in [0.15, 0.2) is 58.3 Å². The van der Waals surface area contributed by atoms with E-state index in [0.29, 0.717) is 39.8 Å². The zero-order valence-electron chi connectivity index (χ0n) is 28.9. The number of nitrogens with one attached hydrogen (secondary N) is 1. The van der Waals surface area contributed by atoms with Crippen LogP contribution in [0.1, 0.15) is 24.8 Å². The van der Waals surface area contributed by atoms with Gasteiger partial charge in [0, 0.05) is 95.0 Å². The van der Waals surface area contributed by atoms with Gasteiger partial charge >= 0.3 is 0 Å². The maximum Gasteiger partial charge on any atom is 0.284 e. The topological polar surface area (TPSA) is 169 Å². The number of anilines is 4. The average Bonchev–Trinajstić information content (AvgIpc) is 3.43. The van der Waals surface area contributed by atoms with Gasteiger partial charge < -0.3 is 41.7 Å². The lowest BCUT2D eigenvalue weighted by Gasteiger charge is -2.44. The van der Waals surface area contributed by atoms with Crippen molar-refractivity contribution in [1.29, 1.82) is 0 Å². The maximum atomic E-state index is 15.4. The lowest BCUT2D eigenvalue weighted by Crippen LogP contribution is -2.53. The molecular formula is C36H46FN11O2. The van der Waals surface area contributed by atoms with Gasteiger partial charge in [-0.3, -0.25) is 19.1 Å². The van der Waals surface area contributed by atoms with Crippen molar-refractivity contribution in [2.45, 2.75) is 25.3 Å². The highest BCUT2D eigenvalue weighted by Crippen LogP contribution is 2.32. The zero-order chi connectivity index (χ0) is 35.5. The number of piperazine rings is 1. The van der Waals surface area contributed by atoms with Crippen molar-refractivity contribution in [3.05, 3.63) is 70.3 Å². The summed E-state index contributed by atoms with van der Waals surface area (Å²) in [6.07, 6.45) is 3.15. The number of nitrogens with two attached hydrogens (primary N) is 3. The summed E-state index contributed by atoms with van der Waals surface area (Å²) in [5.41, 5.74) is 22.5. The van der Waals surface area contributed by atoms with Crippen LogP contribution >= 0.6 is 0 Å². The van der Waals surface area contributed by atoms with Gasteiger partial charge in [-0.15, -0.1) is 0 Å². The van der Waals surface area contributed by atoms with E-state index in [1.54, 1.807) is 19.2 Å². The molecule has 0 spiro atoms. The quantitative estimate of drug-likeness (QED) is 0.0628. The molecule has 0 unspecified atom stereocenters. The molecule has 4 heterocycles. The summed E-state index contributed by atoms with van der Waals surface area (Å²) in [6.45, 7) is 5.34. The number of aldehydes is 1. The van der Waals surface area contributed by atoms with Gasteiger partial charge in [0.05, 0.1) is 27.6 Å². The summed E-state index contributed by atoms with van der Waals surface area (Å²) in [7, 11) is 5.22. The van der Waals surface area contributed by atoms with Crippen molar-refractivity contribution in [3.63, 3.8) is 0 Å². The van der Waals surface area contributed by atoms with Crippen molar-refractivity contribution in [3.8, 4) is 0 Å². The number of amidine groups is 1. The van der Waals surface area contributed by atoms with Crippen LogP contribution in [0.3, 0.4) is 0 Å². The number of imidazole rings is 1. The second-order valence-corrected chi connectivity index (χ2v) is 12.6. The lowest BCUT2D eigenvalue weighted by molar-refractivity contribution is -0.107. The number of fused-ring (bicyclic) bond motifs is 5. The number of nitrogen functional groups attached to an aromatic ring is 1. The van der Waals surface area contributed by atoms with E-state index in [9.17, 15) is 9.59 Å². The molecule has 2 aliphatic rings. The van der Waals surface area contributed by atoms with Crippen LogP contribution in [0.4, 0.5) is 27.1 Å². The Hall–Kier alpha value is -5.21. The zero-order valence-corrected chi connectivity index (χ0v) is 28.9. The molecule has 14 heteroatoms. The van der Waals surface area contributed by atoms with Crippen LogP contribution in [-0.4, -0.2) is 96.9 Å². The standard InChI is InChI=1S/C35H41FN10O2.CH5N/c1-39-27-21-30(25(36)20-24(27)33(38)40-11-4-18-47)45-16-14-44(15-17-45)22-9-12-43(13-10-22)23-7-8-28-31(19-23)42(2)35-41-34(48)32-26(37)5-3-6-29(32)46(28)35;1-2/h3,5-8,18-22,39H,4,9-17,37H2,1-2H3,(H2,38,40);2H2,1H3. The number of hydrogen-bond donors (Lipinski definition) is 4. The molecule has 2 aromatic heterocycles. The third-order valence-corrected chi connectivity index (χ3v) is 9.95. The van der Waals surface area contributed by atoms with E-state index in [-0.39, 0.29) is 30.2 Å². The summed E-state index contributed by atoms with van der Waals surface area (Å²) in [5, 5.41) is 3.56. The van der Waals surface area contributed by atoms with Crippen molar-refractivity contribution in [2.24, 2.45) is 23.5 Å². The molecule has 0 amide bonds.